The second-order valence-corrected chi connectivity index (χ2v) is 5.20. The van der Waals surface area contributed by atoms with Crippen LogP contribution in [0.4, 0.5) is 0 Å². The lowest BCUT2D eigenvalue weighted by molar-refractivity contribution is -0.127. The molecule has 6 heteroatoms. The fourth-order valence-electron chi connectivity index (χ4n) is 2.25. The summed E-state index contributed by atoms with van der Waals surface area (Å²) in [6.07, 6.45) is 3.40. The number of fused-ring (bicyclic) bond motifs is 1. The topological polar surface area (TPSA) is 67.0 Å². The van der Waals surface area contributed by atoms with Gasteiger partial charge in [-0.3, -0.25) is 4.79 Å². The highest BCUT2D eigenvalue weighted by atomic mass is 35.5. The first kappa shape index (κ1) is 13.0. The van der Waals surface area contributed by atoms with Crippen LogP contribution in [0.25, 0.3) is 0 Å². The lowest BCUT2D eigenvalue weighted by atomic mass is 10.1. The van der Waals surface area contributed by atoms with Gasteiger partial charge in [-0.05, 0) is 30.7 Å². The van der Waals surface area contributed by atoms with Crippen LogP contribution >= 0.6 is 11.6 Å². The normalized spacial score (nSPS) is 18.2. The predicted molar refractivity (Wildman–Crippen MR) is 74.7 cm³/mol. The Bertz CT molecular complexity index is 627. The van der Waals surface area contributed by atoms with E-state index in [1.165, 1.54) is 0 Å². The molecule has 5 nitrogen and oxygen atoms in total. The fourth-order valence-corrected chi connectivity index (χ4v) is 2.45. The van der Waals surface area contributed by atoms with Crippen LogP contribution in [-0.4, -0.2) is 22.0 Å². The highest BCUT2D eigenvalue weighted by molar-refractivity contribution is 6.30. The molecule has 0 fully saturated rings. The zero-order valence-electron chi connectivity index (χ0n) is 10.9. The van der Waals surface area contributed by atoms with Crippen molar-refractivity contribution in [3.05, 3.63) is 47.0 Å². The van der Waals surface area contributed by atoms with Gasteiger partial charge >= 0.3 is 0 Å². The van der Waals surface area contributed by atoms with Gasteiger partial charge in [0.1, 0.15) is 11.6 Å². The van der Waals surface area contributed by atoms with E-state index >= 15 is 0 Å². The second kappa shape index (κ2) is 5.17. The van der Waals surface area contributed by atoms with Crippen molar-refractivity contribution in [1.29, 1.82) is 0 Å². The SMILES string of the molecule is CC(NC(=O)C1Cc2cc(Cl)ccc2O1)c1ncc[nH]1. The molecule has 0 bridgehead atoms. The molecular weight excluding hydrogens is 278 g/mol. The van der Waals surface area contributed by atoms with Crippen LogP contribution in [-0.2, 0) is 11.2 Å². The molecule has 1 aromatic heterocycles. The summed E-state index contributed by atoms with van der Waals surface area (Å²) in [5, 5.41) is 3.53. The van der Waals surface area contributed by atoms with E-state index in [4.69, 9.17) is 16.3 Å². The molecule has 0 aliphatic carbocycles. The highest BCUT2D eigenvalue weighted by Gasteiger charge is 2.30. The number of H-pyrrole nitrogens is 1. The van der Waals surface area contributed by atoms with Gasteiger partial charge in [0.15, 0.2) is 6.10 Å². The molecule has 20 heavy (non-hydrogen) atoms. The number of rotatable bonds is 3. The summed E-state index contributed by atoms with van der Waals surface area (Å²) in [6.45, 7) is 1.87. The van der Waals surface area contributed by atoms with Crippen molar-refractivity contribution >= 4 is 17.5 Å². The van der Waals surface area contributed by atoms with Crippen molar-refractivity contribution in [2.75, 3.05) is 0 Å². The van der Waals surface area contributed by atoms with Crippen LogP contribution in [0.5, 0.6) is 5.75 Å². The molecule has 2 aromatic rings. The van der Waals surface area contributed by atoms with Crippen molar-refractivity contribution < 1.29 is 9.53 Å². The molecule has 104 valence electrons. The number of benzene rings is 1. The lowest BCUT2D eigenvalue weighted by Crippen LogP contribution is -2.39. The van der Waals surface area contributed by atoms with E-state index < -0.39 is 6.10 Å². The summed E-state index contributed by atoms with van der Waals surface area (Å²) in [4.78, 5) is 19.3. The number of halogens is 1. The van der Waals surface area contributed by atoms with Gasteiger partial charge in [-0.1, -0.05) is 11.6 Å². The average Bonchev–Trinajstić information content (AvgIpc) is 3.07. The number of aromatic amines is 1. The molecule has 2 unspecified atom stereocenters. The molecular formula is C14H14ClN3O2. The van der Waals surface area contributed by atoms with Crippen molar-refractivity contribution in [2.45, 2.75) is 25.5 Å². The molecule has 0 saturated heterocycles. The zero-order chi connectivity index (χ0) is 14.1. The van der Waals surface area contributed by atoms with Gasteiger partial charge in [0.25, 0.3) is 5.91 Å². The molecule has 3 rings (SSSR count). The van der Waals surface area contributed by atoms with E-state index in [-0.39, 0.29) is 11.9 Å². The van der Waals surface area contributed by atoms with E-state index in [0.29, 0.717) is 11.4 Å². The van der Waals surface area contributed by atoms with Gasteiger partial charge in [-0.15, -0.1) is 0 Å². The van der Waals surface area contributed by atoms with Gasteiger partial charge < -0.3 is 15.0 Å². The van der Waals surface area contributed by atoms with E-state index in [1.54, 1.807) is 24.5 Å². The number of hydrogen-bond acceptors (Lipinski definition) is 3. The minimum absolute atomic E-state index is 0.152. The third-order valence-electron chi connectivity index (χ3n) is 3.28. The maximum absolute atomic E-state index is 12.2. The van der Waals surface area contributed by atoms with Crippen molar-refractivity contribution in [1.82, 2.24) is 15.3 Å². The Morgan fingerprint density at radius 3 is 3.20 bits per heavy atom. The standard InChI is InChI=1S/C14H14ClN3O2/c1-8(13-16-4-5-17-13)18-14(19)12-7-9-6-10(15)2-3-11(9)20-12/h2-6,8,12H,7H2,1H3,(H,16,17)(H,18,19). The van der Waals surface area contributed by atoms with Crippen LogP contribution < -0.4 is 10.1 Å². The molecule has 0 saturated carbocycles. The monoisotopic (exact) mass is 291 g/mol. The van der Waals surface area contributed by atoms with Crippen LogP contribution in [0.1, 0.15) is 24.4 Å². The molecule has 0 spiro atoms. The first-order valence-corrected chi connectivity index (χ1v) is 6.76. The van der Waals surface area contributed by atoms with E-state index in [2.05, 4.69) is 15.3 Å². The number of carbonyl (C=O) groups is 1. The Hall–Kier alpha value is -2.01. The smallest absolute Gasteiger partial charge is 0.262 e. The van der Waals surface area contributed by atoms with Gasteiger partial charge in [-0.25, -0.2) is 4.98 Å². The molecule has 2 atom stereocenters. The molecule has 1 aromatic carbocycles. The maximum Gasteiger partial charge on any atom is 0.262 e. The average molecular weight is 292 g/mol. The predicted octanol–water partition coefficient (Wildman–Crippen LogP) is 2.24. The second-order valence-electron chi connectivity index (χ2n) is 4.77. The summed E-state index contributed by atoms with van der Waals surface area (Å²) < 4.78 is 5.64. The van der Waals surface area contributed by atoms with E-state index in [1.807, 2.05) is 13.0 Å². The minimum atomic E-state index is -0.513. The van der Waals surface area contributed by atoms with Gasteiger partial charge in [-0.2, -0.15) is 0 Å². The highest BCUT2D eigenvalue weighted by Crippen LogP contribution is 2.31. The van der Waals surface area contributed by atoms with Gasteiger partial charge in [0, 0.05) is 23.8 Å². The molecule has 2 N–H and O–H groups in total. The van der Waals surface area contributed by atoms with E-state index in [9.17, 15) is 4.79 Å². The summed E-state index contributed by atoms with van der Waals surface area (Å²) in [7, 11) is 0. The summed E-state index contributed by atoms with van der Waals surface area (Å²) in [6, 6.07) is 5.20. The third kappa shape index (κ3) is 2.49. The fraction of sp³-hybridized carbons (Fsp3) is 0.286. The molecule has 2 heterocycles. The van der Waals surface area contributed by atoms with Crippen molar-refractivity contribution in [3.63, 3.8) is 0 Å². The third-order valence-corrected chi connectivity index (χ3v) is 3.51. The molecule has 0 radical (unpaired) electrons. The van der Waals surface area contributed by atoms with Crippen LogP contribution in [0, 0.1) is 0 Å². The largest absolute Gasteiger partial charge is 0.480 e. The summed E-state index contributed by atoms with van der Waals surface area (Å²) >= 11 is 5.93. The number of carbonyl (C=O) groups excluding carboxylic acids is 1. The van der Waals surface area contributed by atoms with Gasteiger partial charge in [0.05, 0.1) is 6.04 Å². The number of amides is 1. The Balaban J connectivity index is 1.65. The van der Waals surface area contributed by atoms with Crippen molar-refractivity contribution in [3.8, 4) is 5.75 Å². The number of nitrogens with zero attached hydrogens (tertiary/aromatic N) is 1. The Morgan fingerprint density at radius 1 is 1.60 bits per heavy atom. The number of imidazole rings is 1. The minimum Gasteiger partial charge on any atom is -0.480 e. The van der Waals surface area contributed by atoms with E-state index in [0.717, 1.165) is 17.1 Å². The zero-order valence-corrected chi connectivity index (χ0v) is 11.6. The van der Waals surface area contributed by atoms with Crippen LogP contribution in [0.3, 0.4) is 0 Å². The quantitative estimate of drug-likeness (QED) is 0.911. The van der Waals surface area contributed by atoms with Gasteiger partial charge in [0.2, 0.25) is 0 Å². The summed E-state index contributed by atoms with van der Waals surface area (Å²) in [5.74, 6) is 1.29. The Kier molecular flexibility index (Phi) is 3.36. The number of hydrogen-bond donors (Lipinski definition) is 2. The Labute approximate surface area is 121 Å². The first-order chi connectivity index (χ1) is 9.63. The van der Waals surface area contributed by atoms with Crippen LogP contribution in [0.2, 0.25) is 5.02 Å². The molecule has 1 aliphatic rings. The van der Waals surface area contributed by atoms with Crippen LogP contribution in [0.15, 0.2) is 30.6 Å². The first-order valence-electron chi connectivity index (χ1n) is 6.38. The Morgan fingerprint density at radius 2 is 2.45 bits per heavy atom. The summed E-state index contributed by atoms with van der Waals surface area (Å²) in [5.41, 5.74) is 0.961. The van der Waals surface area contributed by atoms with Crippen molar-refractivity contribution in [2.24, 2.45) is 0 Å². The lowest BCUT2D eigenvalue weighted by Gasteiger charge is -2.15. The number of ether oxygens (including phenoxy) is 1. The molecule has 1 aliphatic heterocycles. The maximum atomic E-state index is 12.2. The number of nitrogens with one attached hydrogen (secondary N) is 2. The molecule has 1 amide bonds. The number of aromatic nitrogens is 2.